The molecule has 34 heavy (non-hydrogen) atoms. The number of benzene rings is 1. The fraction of sp³-hybridized carbons (Fsp3) is 0.435. The summed E-state index contributed by atoms with van der Waals surface area (Å²) in [4.78, 5) is 40.1. The van der Waals surface area contributed by atoms with Gasteiger partial charge in [0.2, 0.25) is 5.91 Å². The van der Waals surface area contributed by atoms with Gasteiger partial charge in [-0.1, -0.05) is 11.6 Å². The molecule has 1 aliphatic rings. The molecule has 184 valence electrons. The standard InChI is InChI=1S/C23H28ClN3O6S/c1-14-12-16(4-5-17(14)27-8-9-32-13-20(27)28)25-23(30)21(15(2)33-11-10-31-3)26-22(29)18-6-7-19(24)34-18/h4-7,12,15,21H,8-11,13H2,1-3H3,(H,25,30)(H,26,29)/t15-,21-/m1/s1. The molecular weight excluding hydrogens is 482 g/mol. The zero-order valence-electron chi connectivity index (χ0n) is 19.3. The summed E-state index contributed by atoms with van der Waals surface area (Å²) in [7, 11) is 1.55. The van der Waals surface area contributed by atoms with Crippen LogP contribution in [0, 0.1) is 6.92 Å². The first kappa shape index (κ1) is 26.1. The van der Waals surface area contributed by atoms with Crippen LogP contribution in [0.15, 0.2) is 30.3 Å². The number of ether oxygens (including phenoxy) is 3. The molecule has 3 rings (SSSR count). The Morgan fingerprint density at radius 3 is 2.71 bits per heavy atom. The maximum Gasteiger partial charge on any atom is 0.262 e. The molecule has 9 nitrogen and oxygen atoms in total. The van der Waals surface area contributed by atoms with Gasteiger partial charge >= 0.3 is 0 Å². The van der Waals surface area contributed by atoms with E-state index < -0.39 is 24.0 Å². The lowest BCUT2D eigenvalue weighted by Crippen LogP contribution is -2.51. The molecule has 0 aliphatic carbocycles. The van der Waals surface area contributed by atoms with Crippen LogP contribution < -0.4 is 15.5 Å². The SMILES string of the molecule is COCCO[C@H](C)[C@@H](NC(=O)c1ccc(Cl)s1)C(=O)Nc1ccc(N2CCOCC2=O)c(C)c1. The van der Waals surface area contributed by atoms with Crippen molar-refractivity contribution in [2.75, 3.05) is 50.3 Å². The lowest BCUT2D eigenvalue weighted by molar-refractivity contribution is -0.125. The Bertz CT molecular complexity index is 1030. The summed E-state index contributed by atoms with van der Waals surface area (Å²) in [5, 5.41) is 5.59. The second-order valence-electron chi connectivity index (χ2n) is 7.71. The molecule has 2 N–H and O–H groups in total. The number of anilines is 2. The normalized spacial score (nSPS) is 15.6. The van der Waals surface area contributed by atoms with Gasteiger partial charge in [0.1, 0.15) is 12.6 Å². The van der Waals surface area contributed by atoms with Crippen LogP contribution in [0.3, 0.4) is 0 Å². The molecule has 0 saturated carbocycles. The highest BCUT2D eigenvalue weighted by molar-refractivity contribution is 7.18. The summed E-state index contributed by atoms with van der Waals surface area (Å²) in [6, 6.07) is 7.54. The summed E-state index contributed by atoms with van der Waals surface area (Å²) < 4.78 is 16.4. The van der Waals surface area contributed by atoms with Gasteiger partial charge in [-0.3, -0.25) is 14.4 Å². The van der Waals surface area contributed by atoms with Gasteiger partial charge in [-0.2, -0.15) is 0 Å². The Kier molecular flexibility index (Phi) is 9.43. The fourth-order valence-electron chi connectivity index (χ4n) is 3.49. The molecule has 0 unspecified atom stereocenters. The highest BCUT2D eigenvalue weighted by Gasteiger charge is 2.29. The summed E-state index contributed by atoms with van der Waals surface area (Å²) in [5.41, 5.74) is 2.13. The number of hydrogen-bond acceptors (Lipinski definition) is 7. The predicted octanol–water partition coefficient (Wildman–Crippen LogP) is 2.86. The number of methoxy groups -OCH3 is 1. The van der Waals surface area contributed by atoms with Gasteiger partial charge in [-0.25, -0.2) is 0 Å². The van der Waals surface area contributed by atoms with E-state index in [0.29, 0.717) is 34.7 Å². The van der Waals surface area contributed by atoms with E-state index in [4.69, 9.17) is 25.8 Å². The molecule has 1 aromatic carbocycles. The number of nitrogens with one attached hydrogen (secondary N) is 2. The van der Waals surface area contributed by atoms with Crippen molar-refractivity contribution < 1.29 is 28.6 Å². The van der Waals surface area contributed by atoms with E-state index in [1.807, 2.05) is 6.92 Å². The van der Waals surface area contributed by atoms with Gasteiger partial charge in [-0.15, -0.1) is 11.3 Å². The Morgan fingerprint density at radius 2 is 2.06 bits per heavy atom. The van der Waals surface area contributed by atoms with Crippen LogP contribution in [0.1, 0.15) is 22.2 Å². The lowest BCUT2D eigenvalue weighted by Gasteiger charge is -2.28. The minimum atomic E-state index is -0.967. The monoisotopic (exact) mass is 509 g/mol. The van der Waals surface area contributed by atoms with Crippen LogP contribution >= 0.6 is 22.9 Å². The van der Waals surface area contributed by atoms with Crippen LogP contribution in [-0.2, 0) is 23.8 Å². The molecule has 1 aromatic heterocycles. The molecule has 0 spiro atoms. The third-order valence-corrected chi connectivity index (χ3v) is 6.47. The molecule has 2 atom stereocenters. The Morgan fingerprint density at radius 1 is 1.26 bits per heavy atom. The second kappa shape index (κ2) is 12.3. The van der Waals surface area contributed by atoms with Crippen molar-refractivity contribution in [2.45, 2.75) is 26.0 Å². The van der Waals surface area contributed by atoms with E-state index in [0.717, 1.165) is 22.6 Å². The first-order valence-corrected chi connectivity index (χ1v) is 12.0. The number of morpholine rings is 1. The largest absolute Gasteiger partial charge is 0.382 e. The maximum atomic E-state index is 13.2. The van der Waals surface area contributed by atoms with Crippen LogP contribution in [0.25, 0.3) is 0 Å². The zero-order valence-corrected chi connectivity index (χ0v) is 20.8. The first-order chi connectivity index (χ1) is 16.3. The molecule has 11 heteroatoms. The lowest BCUT2D eigenvalue weighted by atomic mass is 10.1. The van der Waals surface area contributed by atoms with Crippen molar-refractivity contribution in [3.8, 4) is 0 Å². The maximum absolute atomic E-state index is 13.2. The van der Waals surface area contributed by atoms with Gasteiger partial charge in [-0.05, 0) is 49.7 Å². The average Bonchev–Trinajstić information content (AvgIpc) is 3.24. The van der Waals surface area contributed by atoms with E-state index in [1.54, 1.807) is 49.3 Å². The van der Waals surface area contributed by atoms with Gasteiger partial charge in [0.05, 0.1) is 35.1 Å². The van der Waals surface area contributed by atoms with Crippen molar-refractivity contribution >= 4 is 52.0 Å². The van der Waals surface area contributed by atoms with Crippen LogP contribution in [0.4, 0.5) is 11.4 Å². The summed E-state index contributed by atoms with van der Waals surface area (Å²) >= 11 is 7.06. The summed E-state index contributed by atoms with van der Waals surface area (Å²) in [6.45, 7) is 5.20. The minimum Gasteiger partial charge on any atom is -0.382 e. The number of thiophene rings is 1. The van der Waals surface area contributed by atoms with Crippen molar-refractivity contribution in [1.82, 2.24) is 5.32 Å². The number of hydrogen-bond donors (Lipinski definition) is 2. The van der Waals surface area contributed by atoms with Crippen LogP contribution in [0.5, 0.6) is 0 Å². The molecule has 1 saturated heterocycles. The summed E-state index contributed by atoms with van der Waals surface area (Å²) in [6.07, 6.45) is -0.624. The number of nitrogens with zero attached hydrogens (tertiary/aromatic N) is 1. The third kappa shape index (κ3) is 6.77. The predicted molar refractivity (Wildman–Crippen MR) is 131 cm³/mol. The third-order valence-electron chi connectivity index (χ3n) is 5.24. The van der Waals surface area contributed by atoms with Crippen molar-refractivity contribution in [3.05, 3.63) is 45.1 Å². The molecule has 2 aromatic rings. The highest BCUT2D eigenvalue weighted by atomic mass is 35.5. The van der Waals surface area contributed by atoms with Crippen molar-refractivity contribution in [1.29, 1.82) is 0 Å². The molecule has 0 radical (unpaired) electrons. The average molecular weight is 510 g/mol. The number of aryl methyl sites for hydroxylation is 1. The highest BCUT2D eigenvalue weighted by Crippen LogP contribution is 2.25. The van der Waals surface area contributed by atoms with Gasteiger partial charge in [0, 0.05) is 25.0 Å². The van der Waals surface area contributed by atoms with Gasteiger partial charge in [0.15, 0.2) is 0 Å². The Balaban J connectivity index is 1.73. The molecule has 1 fully saturated rings. The quantitative estimate of drug-likeness (QED) is 0.477. The number of carbonyl (C=O) groups is 3. The molecule has 2 heterocycles. The molecule has 1 aliphatic heterocycles. The van der Waals surface area contributed by atoms with Crippen molar-refractivity contribution in [2.24, 2.45) is 0 Å². The minimum absolute atomic E-state index is 0.0513. The van der Waals surface area contributed by atoms with E-state index >= 15 is 0 Å². The van der Waals surface area contributed by atoms with Gasteiger partial charge in [0.25, 0.3) is 11.8 Å². The van der Waals surface area contributed by atoms with E-state index in [-0.39, 0.29) is 19.1 Å². The smallest absolute Gasteiger partial charge is 0.262 e. The summed E-state index contributed by atoms with van der Waals surface area (Å²) in [5.74, 6) is -0.961. The molecular formula is C23H28ClN3O6S. The zero-order chi connectivity index (χ0) is 24.7. The van der Waals surface area contributed by atoms with E-state index in [1.165, 1.54) is 0 Å². The van der Waals surface area contributed by atoms with Crippen LogP contribution in [-0.4, -0.2) is 69.9 Å². The van der Waals surface area contributed by atoms with Crippen LogP contribution in [0.2, 0.25) is 4.34 Å². The van der Waals surface area contributed by atoms with E-state index in [2.05, 4.69) is 10.6 Å². The van der Waals surface area contributed by atoms with Gasteiger partial charge < -0.3 is 29.7 Å². The second-order valence-corrected chi connectivity index (χ2v) is 9.43. The number of carbonyl (C=O) groups excluding carboxylic acids is 3. The first-order valence-electron chi connectivity index (χ1n) is 10.8. The molecule has 3 amide bonds. The number of amides is 3. The van der Waals surface area contributed by atoms with Crippen molar-refractivity contribution in [3.63, 3.8) is 0 Å². The number of halogens is 1. The number of rotatable bonds is 10. The topological polar surface area (TPSA) is 106 Å². The molecule has 0 bridgehead atoms. The Hall–Kier alpha value is -2.50. The Labute approximate surface area is 207 Å². The van der Waals surface area contributed by atoms with E-state index in [9.17, 15) is 14.4 Å². The fourth-order valence-corrected chi connectivity index (χ4v) is 4.43.